The first kappa shape index (κ1) is 12.9. The third kappa shape index (κ3) is 3.27. The van der Waals surface area contributed by atoms with Gasteiger partial charge in [0.1, 0.15) is 34.5 Å². The molecule has 2 heterocycles. The highest BCUT2D eigenvalue weighted by Crippen LogP contribution is 2.24. The van der Waals surface area contributed by atoms with Crippen molar-refractivity contribution in [3.05, 3.63) is 35.4 Å². The Hall–Kier alpha value is -0.0800. The van der Waals surface area contributed by atoms with Crippen LogP contribution in [0.5, 0.6) is 0 Å². The maximum absolute atomic E-state index is 2.40. The smallest absolute Gasteiger partial charge is 0.0618 e. The van der Waals surface area contributed by atoms with Crippen LogP contribution in [0, 0.1) is 0 Å². The number of benzene rings is 1. The first-order valence-corrected chi connectivity index (χ1v) is 10.7. The average molecular weight is 281 g/mol. The Morgan fingerprint density at radius 3 is 1.44 bits per heavy atom. The van der Waals surface area contributed by atoms with Crippen molar-refractivity contribution in [2.75, 3.05) is 23.0 Å². The highest BCUT2D eigenvalue weighted by Gasteiger charge is 2.28. The van der Waals surface area contributed by atoms with Gasteiger partial charge in [0.25, 0.3) is 0 Å². The van der Waals surface area contributed by atoms with Crippen molar-refractivity contribution in [3.63, 3.8) is 0 Å². The Balaban J connectivity index is 1.67. The van der Waals surface area contributed by atoms with Gasteiger partial charge >= 0.3 is 0 Å². The summed E-state index contributed by atoms with van der Waals surface area (Å²) in [6.07, 6.45) is 5.93. The predicted octanol–water partition coefficient (Wildman–Crippen LogP) is 3.51. The van der Waals surface area contributed by atoms with E-state index in [0.29, 0.717) is 21.8 Å². The van der Waals surface area contributed by atoms with Crippen LogP contribution < -0.4 is 0 Å². The number of rotatable bonds is 4. The van der Waals surface area contributed by atoms with Crippen LogP contribution in [0.3, 0.4) is 0 Å². The molecule has 3 rings (SSSR count). The highest BCUT2D eigenvalue weighted by atomic mass is 32.2. The summed E-state index contributed by atoms with van der Waals surface area (Å²) in [6.45, 7) is 0. The molecule has 0 unspecified atom stereocenters. The largest absolute Gasteiger partial charge is 0.133 e. The summed E-state index contributed by atoms with van der Waals surface area (Å²) in [5.41, 5.74) is 3.37. The number of hydrogen-bond donors (Lipinski definition) is 0. The molecule has 0 aliphatic carbocycles. The van der Waals surface area contributed by atoms with Crippen LogP contribution in [-0.4, -0.2) is 23.0 Å². The lowest BCUT2D eigenvalue weighted by atomic mass is 10.1. The second-order valence-corrected chi connectivity index (χ2v) is 10.2. The van der Waals surface area contributed by atoms with E-state index in [1.165, 1.54) is 60.2 Å². The molecule has 2 heteroatoms. The van der Waals surface area contributed by atoms with Gasteiger partial charge < -0.3 is 0 Å². The predicted molar refractivity (Wildman–Crippen MR) is 86.5 cm³/mol. The monoisotopic (exact) mass is 280 g/mol. The molecule has 0 atom stereocenters. The van der Waals surface area contributed by atoms with Gasteiger partial charge in [0.05, 0.1) is 0 Å². The van der Waals surface area contributed by atoms with Gasteiger partial charge in [-0.1, -0.05) is 24.3 Å². The van der Waals surface area contributed by atoms with Crippen molar-refractivity contribution in [1.29, 1.82) is 0 Å². The minimum Gasteiger partial charge on any atom is -0.0618 e. The van der Waals surface area contributed by atoms with E-state index >= 15 is 0 Å². The van der Waals surface area contributed by atoms with Gasteiger partial charge in [0.15, 0.2) is 0 Å². The lowest BCUT2D eigenvalue weighted by Gasteiger charge is -2.08. The first-order chi connectivity index (χ1) is 8.92. The molecule has 0 bridgehead atoms. The van der Waals surface area contributed by atoms with Crippen molar-refractivity contribution in [1.82, 2.24) is 0 Å². The molecular weight excluding hydrogens is 256 g/mol. The molecule has 2 saturated heterocycles. The second kappa shape index (κ2) is 6.38. The minimum atomic E-state index is 0.711. The molecule has 0 amide bonds. The summed E-state index contributed by atoms with van der Waals surface area (Å²) in [4.78, 5) is 0. The second-order valence-electron chi connectivity index (χ2n) is 5.51. The lowest BCUT2D eigenvalue weighted by molar-refractivity contribution is 0.949. The molecule has 1 aromatic carbocycles. The summed E-state index contributed by atoms with van der Waals surface area (Å²) in [6, 6.07) is 9.30. The summed E-state index contributed by atoms with van der Waals surface area (Å²) in [5.74, 6) is 8.76. The van der Waals surface area contributed by atoms with Crippen LogP contribution >= 0.6 is 0 Å². The molecular formula is C16H24S2+2. The quantitative estimate of drug-likeness (QED) is 0.740. The van der Waals surface area contributed by atoms with E-state index < -0.39 is 0 Å². The molecule has 0 aromatic heterocycles. The van der Waals surface area contributed by atoms with Crippen LogP contribution in [0.25, 0.3) is 0 Å². The summed E-state index contributed by atoms with van der Waals surface area (Å²) in [5, 5.41) is 0. The van der Waals surface area contributed by atoms with E-state index in [1.54, 1.807) is 11.1 Å². The van der Waals surface area contributed by atoms with E-state index in [9.17, 15) is 0 Å². The lowest BCUT2D eigenvalue weighted by Crippen LogP contribution is -2.12. The van der Waals surface area contributed by atoms with Crippen LogP contribution in [-0.2, 0) is 33.3 Å². The standard InChI is InChI=1S/C16H24S2/c1-2-8-16(14-18-11-5-6-12-18)15(7-1)13-17-9-3-4-10-17/h1-2,7-8H,3-6,9-14H2/q+2. The van der Waals surface area contributed by atoms with Gasteiger partial charge in [-0.2, -0.15) is 0 Å². The fraction of sp³-hybridized carbons (Fsp3) is 0.625. The van der Waals surface area contributed by atoms with Crippen molar-refractivity contribution in [3.8, 4) is 0 Å². The van der Waals surface area contributed by atoms with E-state index in [4.69, 9.17) is 0 Å². The van der Waals surface area contributed by atoms with E-state index in [0.717, 1.165) is 0 Å². The highest BCUT2D eigenvalue weighted by molar-refractivity contribution is 7.96. The molecule has 2 fully saturated rings. The van der Waals surface area contributed by atoms with Gasteiger partial charge in [-0.05, 0) is 47.5 Å². The third-order valence-corrected chi connectivity index (χ3v) is 8.97. The SMILES string of the molecule is c1ccc(C[S+]2CCCC2)c(C[S+]2CCCC2)c1. The maximum atomic E-state index is 2.40. The minimum absolute atomic E-state index is 0.711. The Morgan fingerprint density at radius 1 is 0.667 bits per heavy atom. The third-order valence-electron chi connectivity index (χ3n) is 4.07. The van der Waals surface area contributed by atoms with E-state index in [-0.39, 0.29) is 0 Å². The van der Waals surface area contributed by atoms with Gasteiger partial charge in [-0.25, -0.2) is 0 Å². The topological polar surface area (TPSA) is 0 Å². The number of hydrogen-bond acceptors (Lipinski definition) is 0. The Kier molecular flexibility index (Phi) is 4.58. The summed E-state index contributed by atoms with van der Waals surface area (Å²) < 4.78 is 0. The molecule has 0 saturated carbocycles. The fourth-order valence-electron chi connectivity index (χ4n) is 3.00. The van der Waals surface area contributed by atoms with E-state index in [1.807, 2.05) is 0 Å². The molecule has 0 spiro atoms. The summed E-state index contributed by atoms with van der Waals surface area (Å²) >= 11 is 0. The zero-order valence-corrected chi connectivity index (χ0v) is 12.8. The Labute approximate surface area is 117 Å². The molecule has 18 heavy (non-hydrogen) atoms. The van der Waals surface area contributed by atoms with E-state index in [2.05, 4.69) is 24.3 Å². The molecule has 0 nitrogen and oxygen atoms in total. The normalized spacial score (nSPS) is 21.8. The van der Waals surface area contributed by atoms with Crippen molar-refractivity contribution in [2.45, 2.75) is 37.2 Å². The molecule has 2 aliphatic heterocycles. The van der Waals surface area contributed by atoms with Crippen molar-refractivity contribution in [2.24, 2.45) is 0 Å². The Bertz CT molecular complexity index is 339. The average Bonchev–Trinajstić information content (AvgIpc) is 3.05. The van der Waals surface area contributed by atoms with Gasteiger partial charge in [0, 0.05) is 11.1 Å². The molecule has 0 radical (unpaired) electrons. The fourth-order valence-corrected chi connectivity index (χ4v) is 7.87. The van der Waals surface area contributed by atoms with Gasteiger partial charge in [-0.3, -0.25) is 0 Å². The van der Waals surface area contributed by atoms with Crippen LogP contribution in [0.15, 0.2) is 24.3 Å². The summed E-state index contributed by atoms with van der Waals surface area (Å²) in [7, 11) is 1.42. The zero-order valence-electron chi connectivity index (χ0n) is 11.2. The Morgan fingerprint density at radius 2 is 1.06 bits per heavy atom. The van der Waals surface area contributed by atoms with Crippen LogP contribution in [0.1, 0.15) is 36.8 Å². The molecule has 98 valence electrons. The first-order valence-electron chi connectivity index (χ1n) is 7.27. The molecule has 1 aromatic rings. The van der Waals surface area contributed by atoms with Gasteiger partial charge in [0.2, 0.25) is 0 Å². The maximum Gasteiger partial charge on any atom is 0.133 e. The van der Waals surface area contributed by atoms with Crippen LogP contribution in [0.2, 0.25) is 0 Å². The zero-order chi connectivity index (χ0) is 12.2. The van der Waals surface area contributed by atoms with Gasteiger partial charge in [-0.15, -0.1) is 0 Å². The molecule has 2 aliphatic rings. The van der Waals surface area contributed by atoms with Crippen molar-refractivity contribution < 1.29 is 0 Å². The molecule has 0 N–H and O–H groups in total. The van der Waals surface area contributed by atoms with Crippen molar-refractivity contribution >= 4 is 21.8 Å². The van der Waals surface area contributed by atoms with Crippen LogP contribution in [0.4, 0.5) is 0 Å².